The maximum absolute atomic E-state index is 5.70. The van der Waals surface area contributed by atoms with E-state index in [1.165, 1.54) is 0 Å². The zero-order valence-electron chi connectivity index (χ0n) is 11.3. The summed E-state index contributed by atoms with van der Waals surface area (Å²) in [5.41, 5.74) is 7.15. The minimum Gasteiger partial charge on any atom is -0.329 e. The van der Waals surface area contributed by atoms with Gasteiger partial charge in [0.1, 0.15) is 0 Å². The van der Waals surface area contributed by atoms with E-state index in [-0.39, 0.29) is 6.04 Å². The van der Waals surface area contributed by atoms with E-state index >= 15 is 0 Å². The van der Waals surface area contributed by atoms with Crippen LogP contribution >= 0.6 is 0 Å². The predicted molar refractivity (Wildman–Crippen MR) is 78.8 cm³/mol. The van der Waals surface area contributed by atoms with Crippen LogP contribution in [-0.2, 0) is 6.54 Å². The molecule has 2 aromatic heterocycles. The van der Waals surface area contributed by atoms with Crippen LogP contribution in [0.1, 0.15) is 17.2 Å². The zero-order valence-corrected chi connectivity index (χ0v) is 11.3. The van der Waals surface area contributed by atoms with Crippen LogP contribution in [0.2, 0.25) is 0 Å². The van der Waals surface area contributed by atoms with E-state index in [9.17, 15) is 0 Å². The molecule has 0 aliphatic carbocycles. The van der Waals surface area contributed by atoms with Gasteiger partial charge in [0.25, 0.3) is 0 Å². The summed E-state index contributed by atoms with van der Waals surface area (Å²) in [4.78, 5) is 8.62. The summed E-state index contributed by atoms with van der Waals surface area (Å²) < 4.78 is 2.10. The Labute approximate surface area is 117 Å². The topological polar surface area (TPSA) is 68.8 Å². The molecule has 3 N–H and O–H groups in total. The van der Waals surface area contributed by atoms with Crippen molar-refractivity contribution >= 4 is 11.0 Å². The fraction of sp³-hybridized carbons (Fsp3) is 0.200. The van der Waals surface area contributed by atoms with Crippen molar-refractivity contribution in [3.63, 3.8) is 0 Å². The first-order valence-electron chi connectivity index (χ1n) is 6.55. The SMILES string of the molecule is Cc1cncc(C(Cn2cnc3ccccc32)NN)c1. The van der Waals surface area contributed by atoms with Crippen molar-refractivity contribution in [3.05, 3.63) is 60.2 Å². The van der Waals surface area contributed by atoms with Crippen LogP contribution in [0, 0.1) is 6.92 Å². The lowest BCUT2D eigenvalue weighted by Crippen LogP contribution is -2.31. The molecule has 0 radical (unpaired) electrons. The third-order valence-corrected chi connectivity index (χ3v) is 3.41. The van der Waals surface area contributed by atoms with Crippen LogP contribution in [0.5, 0.6) is 0 Å². The number of hydrogen-bond acceptors (Lipinski definition) is 4. The number of para-hydroxylation sites is 2. The molecule has 0 aliphatic heterocycles. The number of hydrogen-bond donors (Lipinski definition) is 2. The number of aryl methyl sites for hydroxylation is 1. The fourth-order valence-electron chi connectivity index (χ4n) is 2.38. The van der Waals surface area contributed by atoms with E-state index in [1.54, 1.807) is 0 Å². The van der Waals surface area contributed by atoms with Crippen LogP contribution in [0.3, 0.4) is 0 Å². The van der Waals surface area contributed by atoms with Crippen LogP contribution in [0.4, 0.5) is 0 Å². The van der Waals surface area contributed by atoms with Crippen molar-refractivity contribution in [2.45, 2.75) is 19.5 Å². The second-order valence-electron chi connectivity index (χ2n) is 4.90. The summed E-state index contributed by atoms with van der Waals surface area (Å²) >= 11 is 0. The number of nitrogens with zero attached hydrogens (tertiary/aromatic N) is 3. The van der Waals surface area contributed by atoms with Gasteiger partial charge in [-0.2, -0.15) is 0 Å². The number of hydrazine groups is 1. The second kappa shape index (κ2) is 5.40. The van der Waals surface area contributed by atoms with Crippen LogP contribution in [0.15, 0.2) is 49.1 Å². The molecule has 0 spiro atoms. The van der Waals surface area contributed by atoms with Gasteiger partial charge < -0.3 is 4.57 Å². The molecule has 102 valence electrons. The van der Waals surface area contributed by atoms with Crippen molar-refractivity contribution in [1.82, 2.24) is 20.0 Å². The number of aromatic nitrogens is 3. The molecule has 0 bridgehead atoms. The van der Waals surface area contributed by atoms with Crippen LogP contribution in [0.25, 0.3) is 11.0 Å². The summed E-state index contributed by atoms with van der Waals surface area (Å²) in [6.07, 6.45) is 5.53. The molecular weight excluding hydrogens is 250 g/mol. The van der Waals surface area contributed by atoms with Gasteiger partial charge in [-0.1, -0.05) is 18.2 Å². The normalized spacial score (nSPS) is 12.7. The van der Waals surface area contributed by atoms with Crippen molar-refractivity contribution in [3.8, 4) is 0 Å². The smallest absolute Gasteiger partial charge is 0.0958 e. The first-order valence-corrected chi connectivity index (χ1v) is 6.55. The van der Waals surface area contributed by atoms with E-state index in [4.69, 9.17) is 5.84 Å². The molecule has 0 saturated heterocycles. The number of benzene rings is 1. The summed E-state index contributed by atoms with van der Waals surface area (Å²) in [6, 6.07) is 10.2. The van der Waals surface area contributed by atoms with E-state index in [0.717, 1.165) is 22.2 Å². The predicted octanol–water partition coefficient (Wildman–Crippen LogP) is 1.94. The van der Waals surface area contributed by atoms with Gasteiger partial charge in [-0.15, -0.1) is 0 Å². The third-order valence-electron chi connectivity index (χ3n) is 3.41. The van der Waals surface area contributed by atoms with Gasteiger partial charge in [0.05, 0.1) is 23.4 Å². The monoisotopic (exact) mass is 267 g/mol. The summed E-state index contributed by atoms with van der Waals surface area (Å²) in [5, 5.41) is 0. The van der Waals surface area contributed by atoms with Crippen LogP contribution in [-0.4, -0.2) is 14.5 Å². The van der Waals surface area contributed by atoms with E-state index in [2.05, 4.69) is 32.1 Å². The molecule has 0 fully saturated rings. The second-order valence-corrected chi connectivity index (χ2v) is 4.90. The number of rotatable bonds is 4. The van der Waals surface area contributed by atoms with E-state index in [0.29, 0.717) is 6.54 Å². The molecule has 0 amide bonds. The Morgan fingerprint density at radius 3 is 2.95 bits per heavy atom. The molecule has 1 unspecified atom stereocenters. The molecule has 3 rings (SSSR count). The standard InChI is InChI=1S/C15H17N5/c1-11-6-12(8-17-7-11)14(19-16)9-20-10-18-13-4-2-3-5-15(13)20/h2-8,10,14,19H,9,16H2,1H3. The highest BCUT2D eigenvalue weighted by Crippen LogP contribution is 2.18. The average Bonchev–Trinajstić information content (AvgIpc) is 2.88. The van der Waals surface area contributed by atoms with Gasteiger partial charge in [0.15, 0.2) is 0 Å². The summed E-state index contributed by atoms with van der Waals surface area (Å²) in [5.74, 6) is 5.70. The highest BCUT2D eigenvalue weighted by Gasteiger charge is 2.12. The van der Waals surface area contributed by atoms with Gasteiger partial charge in [-0.05, 0) is 30.2 Å². The number of fused-ring (bicyclic) bond motifs is 1. The first kappa shape index (κ1) is 12.8. The zero-order chi connectivity index (χ0) is 13.9. The minimum absolute atomic E-state index is 0.00000567. The average molecular weight is 267 g/mol. The Balaban J connectivity index is 1.92. The Kier molecular flexibility index (Phi) is 3.45. The highest BCUT2D eigenvalue weighted by molar-refractivity contribution is 5.74. The van der Waals surface area contributed by atoms with E-state index < -0.39 is 0 Å². The van der Waals surface area contributed by atoms with Crippen molar-refractivity contribution < 1.29 is 0 Å². The number of nitrogens with two attached hydrogens (primary N) is 1. The lowest BCUT2D eigenvalue weighted by atomic mass is 10.1. The molecule has 0 aliphatic rings. The maximum Gasteiger partial charge on any atom is 0.0958 e. The molecule has 1 atom stereocenters. The van der Waals surface area contributed by atoms with Crippen molar-refractivity contribution in [1.29, 1.82) is 0 Å². The lowest BCUT2D eigenvalue weighted by Gasteiger charge is -2.17. The summed E-state index contributed by atoms with van der Waals surface area (Å²) in [7, 11) is 0. The van der Waals surface area contributed by atoms with Crippen molar-refractivity contribution in [2.75, 3.05) is 0 Å². The molecule has 0 saturated carbocycles. The molecular formula is C15H17N5. The lowest BCUT2D eigenvalue weighted by molar-refractivity contribution is 0.480. The van der Waals surface area contributed by atoms with Gasteiger partial charge in [0.2, 0.25) is 0 Å². The van der Waals surface area contributed by atoms with Crippen molar-refractivity contribution in [2.24, 2.45) is 5.84 Å². The Hall–Kier alpha value is -2.24. The Morgan fingerprint density at radius 2 is 2.15 bits per heavy atom. The molecule has 5 heteroatoms. The first-order chi connectivity index (χ1) is 9.78. The Bertz CT molecular complexity index is 719. The molecule has 1 aromatic carbocycles. The largest absolute Gasteiger partial charge is 0.329 e. The van der Waals surface area contributed by atoms with Gasteiger partial charge >= 0.3 is 0 Å². The van der Waals surface area contributed by atoms with Gasteiger partial charge in [-0.25, -0.2) is 4.98 Å². The molecule has 20 heavy (non-hydrogen) atoms. The van der Waals surface area contributed by atoms with Gasteiger partial charge in [-0.3, -0.25) is 16.3 Å². The van der Waals surface area contributed by atoms with Gasteiger partial charge in [0, 0.05) is 18.9 Å². The van der Waals surface area contributed by atoms with E-state index in [1.807, 2.05) is 43.8 Å². The quantitative estimate of drug-likeness (QED) is 0.560. The number of imidazole rings is 1. The number of nitrogens with one attached hydrogen (secondary N) is 1. The highest BCUT2D eigenvalue weighted by atomic mass is 15.2. The Morgan fingerprint density at radius 1 is 1.30 bits per heavy atom. The molecule has 5 nitrogen and oxygen atoms in total. The minimum atomic E-state index is 0.00000567. The third kappa shape index (κ3) is 2.41. The maximum atomic E-state index is 5.70. The molecule has 3 aromatic rings. The van der Waals surface area contributed by atoms with Crippen LogP contribution < -0.4 is 11.3 Å². The fourth-order valence-corrected chi connectivity index (χ4v) is 2.38. The summed E-state index contributed by atoms with van der Waals surface area (Å²) in [6.45, 7) is 2.73. The number of pyridine rings is 1. The molecule has 2 heterocycles.